The van der Waals surface area contributed by atoms with E-state index in [0.29, 0.717) is 24.2 Å². The number of carbonyl (C=O) groups excluding carboxylic acids is 2. The van der Waals surface area contributed by atoms with Crippen molar-refractivity contribution >= 4 is 32.6 Å². The van der Waals surface area contributed by atoms with Gasteiger partial charge in [-0.2, -0.15) is 0 Å². The molecule has 1 aliphatic rings. The van der Waals surface area contributed by atoms with Gasteiger partial charge in [0, 0.05) is 36.3 Å². The summed E-state index contributed by atoms with van der Waals surface area (Å²) in [5.74, 6) is -0.492. The van der Waals surface area contributed by atoms with Gasteiger partial charge in [-0.25, -0.2) is 8.42 Å². The number of nitrogens with zero attached hydrogens (tertiary/aromatic N) is 2. The first-order valence-corrected chi connectivity index (χ1v) is 11.9. The summed E-state index contributed by atoms with van der Waals surface area (Å²) >= 11 is 0. The van der Waals surface area contributed by atoms with Crippen molar-refractivity contribution in [3.8, 4) is 0 Å². The van der Waals surface area contributed by atoms with Crippen molar-refractivity contribution < 1.29 is 18.0 Å². The fourth-order valence-corrected chi connectivity index (χ4v) is 4.61. The summed E-state index contributed by atoms with van der Waals surface area (Å²) in [4.78, 5) is 31.4. The van der Waals surface area contributed by atoms with Gasteiger partial charge in [-0.1, -0.05) is 30.3 Å². The summed E-state index contributed by atoms with van der Waals surface area (Å²) in [6.07, 6.45) is 2.11. The van der Waals surface area contributed by atoms with Gasteiger partial charge in [0.15, 0.2) is 9.84 Å². The van der Waals surface area contributed by atoms with Crippen LogP contribution in [0.25, 0.3) is 10.9 Å². The Bertz CT molecular complexity index is 1270. The van der Waals surface area contributed by atoms with Crippen LogP contribution in [0.4, 0.5) is 0 Å². The van der Waals surface area contributed by atoms with E-state index in [0.717, 1.165) is 29.3 Å². The lowest BCUT2D eigenvalue weighted by molar-refractivity contribution is -0.129. The molecule has 31 heavy (non-hydrogen) atoms. The lowest BCUT2D eigenvalue weighted by Gasteiger charge is -2.17. The first kappa shape index (κ1) is 21.0. The van der Waals surface area contributed by atoms with Crippen molar-refractivity contribution in [3.05, 3.63) is 71.4 Å². The second kappa shape index (κ2) is 8.11. The molecule has 7 nitrogen and oxygen atoms in total. The van der Waals surface area contributed by atoms with Crippen LogP contribution in [0.5, 0.6) is 0 Å². The molecule has 0 bridgehead atoms. The minimum Gasteiger partial charge on any atom is -0.366 e. The minimum absolute atomic E-state index is 0.0227. The van der Waals surface area contributed by atoms with Crippen LogP contribution in [0, 0.1) is 0 Å². The van der Waals surface area contributed by atoms with E-state index in [1.165, 1.54) is 12.1 Å². The summed E-state index contributed by atoms with van der Waals surface area (Å²) in [7, 11) is -3.26. The van der Waals surface area contributed by atoms with Crippen LogP contribution in [0.1, 0.15) is 34.0 Å². The van der Waals surface area contributed by atoms with E-state index in [1.54, 1.807) is 23.1 Å². The Hall–Kier alpha value is -3.26. The van der Waals surface area contributed by atoms with Gasteiger partial charge in [-0.05, 0) is 36.2 Å². The number of nitrogens with two attached hydrogens (primary N) is 1. The van der Waals surface area contributed by atoms with E-state index in [1.807, 2.05) is 24.3 Å². The Kier molecular flexibility index (Phi) is 5.49. The summed E-state index contributed by atoms with van der Waals surface area (Å²) in [5.41, 5.74) is 8.26. The Morgan fingerprint density at radius 1 is 1.13 bits per heavy atom. The number of primary amides is 1. The number of rotatable bonds is 5. The highest BCUT2D eigenvalue weighted by Gasteiger charge is 2.29. The molecule has 8 heteroatoms. The quantitative estimate of drug-likeness (QED) is 0.658. The third-order valence-electron chi connectivity index (χ3n) is 5.67. The van der Waals surface area contributed by atoms with Gasteiger partial charge >= 0.3 is 0 Å². The van der Waals surface area contributed by atoms with Crippen molar-refractivity contribution in [2.75, 3.05) is 19.3 Å². The topological polar surface area (TPSA) is 110 Å². The van der Waals surface area contributed by atoms with Crippen LogP contribution in [-0.4, -0.2) is 49.5 Å². The molecule has 160 valence electrons. The fraction of sp³-hybridized carbons (Fsp3) is 0.261. The highest BCUT2D eigenvalue weighted by Crippen LogP contribution is 2.29. The van der Waals surface area contributed by atoms with Gasteiger partial charge in [0.25, 0.3) is 0 Å². The smallest absolute Gasteiger partial charge is 0.249 e. The molecule has 0 aliphatic carbocycles. The molecule has 1 atom stereocenters. The Balaban J connectivity index is 1.49. The van der Waals surface area contributed by atoms with E-state index in [4.69, 9.17) is 10.7 Å². The third kappa shape index (κ3) is 4.44. The van der Waals surface area contributed by atoms with Gasteiger partial charge in [-0.15, -0.1) is 0 Å². The molecular weight excluding hydrogens is 414 g/mol. The molecular formula is C23H23N3O4S. The SMILES string of the molecule is CS(=O)(=O)c1ccc(CC(=O)N2CC[C@H](c3cc(C(N)=O)c4ccccc4n3)C2)cc1. The minimum atomic E-state index is -3.26. The van der Waals surface area contributed by atoms with E-state index >= 15 is 0 Å². The van der Waals surface area contributed by atoms with Gasteiger partial charge < -0.3 is 10.6 Å². The molecule has 4 rings (SSSR count). The summed E-state index contributed by atoms with van der Waals surface area (Å²) in [6, 6.07) is 15.5. The van der Waals surface area contributed by atoms with Gasteiger partial charge in [0.2, 0.25) is 11.8 Å². The monoisotopic (exact) mass is 437 g/mol. The highest BCUT2D eigenvalue weighted by molar-refractivity contribution is 7.90. The van der Waals surface area contributed by atoms with Crippen LogP contribution >= 0.6 is 0 Å². The number of sulfone groups is 1. The van der Waals surface area contributed by atoms with Crippen LogP contribution in [0.3, 0.4) is 0 Å². The number of benzene rings is 2. The number of amides is 2. The van der Waals surface area contributed by atoms with Crippen molar-refractivity contribution in [1.29, 1.82) is 0 Å². The Morgan fingerprint density at radius 2 is 1.84 bits per heavy atom. The van der Waals surface area contributed by atoms with E-state index in [-0.39, 0.29) is 23.1 Å². The van der Waals surface area contributed by atoms with Gasteiger partial charge in [-0.3, -0.25) is 14.6 Å². The van der Waals surface area contributed by atoms with Crippen molar-refractivity contribution in [3.63, 3.8) is 0 Å². The van der Waals surface area contributed by atoms with E-state index in [9.17, 15) is 18.0 Å². The molecule has 1 saturated heterocycles. The molecule has 0 radical (unpaired) electrons. The number of likely N-dealkylation sites (tertiary alicyclic amines) is 1. The zero-order chi connectivity index (χ0) is 22.2. The van der Waals surface area contributed by atoms with Gasteiger partial charge in [0.1, 0.15) is 0 Å². The average molecular weight is 438 g/mol. The normalized spacial score (nSPS) is 16.5. The number of pyridine rings is 1. The zero-order valence-corrected chi connectivity index (χ0v) is 17.9. The molecule has 1 aromatic heterocycles. The predicted molar refractivity (Wildman–Crippen MR) is 117 cm³/mol. The summed E-state index contributed by atoms with van der Waals surface area (Å²) < 4.78 is 23.2. The molecule has 0 saturated carbocycles. The standard InChI is InChI=1S/C23H23N3O4S/c1-31(29,30)17-8-6-15(7-9-17)12-22(27)26-11-10-16(14-26)21-13-19(23(24)28)18-4-2-3-5-20(18)25-21/h2-9,13,16H,10-12,14H2,1H3,(H2,24,28)/t16-/m0/s1. The van der Waals surface area contributed by atoms with Crippen molar-refractivity contribution in [2.24, 2.45) is 5.73 Å². The molecule has 3 aromatic rings. The first-order chi connectivity index (χ1) is 14.7. The fourth-order valence-electron chi connectivity index (χ4n) is 3.98. The highest BCUT2D eigenvalue weighted by atomic mass is 32.2. The maximum Gasteiger partial charge on any atom is 0.249 e. The molecule has 1 aliphatic heterocycles. The van der Waals surface area contributed by atoms with Crippen molar-refractivity contribution in [2.45, 2.75) is 23.7 Å². The van der Waals surface area contributed by atoms with Crippen LogP contribution in [0.15, 0.2) is 59.5 Å². The number of aromatic nitrogens is 1. The first-order valence-electron chi connectivity index (χ1n) is 9.98. The molecule has 0 spiro atoms. The molecule has 2 N–H and O–H groups in total. The molecule has 2 aromatic carbocycles. The number of fused-ring (bicyclic) bond motifs is 1. The summed E-state index contributed by atoms with van der Waals surface area (Å²) in [6.45, 7) is 1.12. The number of para-hydroxylation sites is 1. The largest absolute Gasteiger partial charge is 0.366 e. The predicted octanol–water partition coefficient (Wildman–Crippen LogP) is 2.30. The van der Waals surface area contributed by atoms with Gasteiger partial charge in [0.05, 0.1) is 22.4 Å². The molecule has 1 fully saturated rings. The molecule has 0 unspecified atom stereocenters. The maximum absolute atomic E-state index is 12.8. The van der Waals surface area contributed by atoms with Crippen LogP contribution in [-0.2, 0) is 21.1 Å². The lowest BCUT2D eigenvalue weighted by atomic mass is 9.99. The zero-order valence-electron chi connectivity index (χ0n) is 17.1. The maximum atomic E-state index is 12.8. The molecule has 2 heterocycles. The third-order valence-corrected chi connectivity index (χ3v) is 6.80. The number of hydrogen-bond donors (Lipinski definition) is 1. The Labute approximate surface area is 180 Å². The van der Waals surface area contributed by atoms with Crippen LogP contribution < -0.4 is 5.73 Å². The lowest BCUT2D eigenvalue weighted by Crippen LogP contribution is -2.30. The van der Waals surface area contributed by atoms with E-state index < -0.39 is 15.7 Å². The second-order valence-electron chi connectivity index (χ2n) is 7.89. The molecule has 2 amide bonds. The summed E-state index contributed by atoms with van der Waals surface area (Å²) in [5, 5.41) is 0.724. The van der Waals surface area contributed by atoms with Crippen LogP contribution in [0.2, 0.25) is 0 Å². The van der Waals surface area contributed by atoms with E-state index in [2.05, 4.69) is 0 Å². The Morgan fingerprint density at radius 3 is 2.52 bits per heavy atom. The van der Waals surface area contributed by atoms with Crippen molar-refractivity contribution in [1.82, 2.24) is 9.88 Å². The average Bonchev–Trinajstić information content (AvgIpc) is 3.23. The number of carbonyl (C=O) groups is 2. The second-order valence-corrected chi connectivity index (χ2v) is 9.91. The number of hydrogen-bond acceptors (Lipinski definition) is 5.